The fourth-order valence-corrected chi connectivity index (χ4v) is 2.01. The van der Waals surface area contributed by atoms with Gasteiger partial charge in [-0.3, -0.25) is 0 Å². The number of aromatic nitrogens is 1. The van der Waals surface area contributed by atoms with E-state index in [4.69, 9.17) is 18.0 Å². The van der Waals surface area contributed by atoms with Crippen molar-refractivity contribution in [3.63, 3.8) is 0 Å². The van der Waals surface area contributed by atoms with E-state index in [1.807, 2.05) is 23.9 Å². The molecule has 0 radical (unpaired) electrons. The average molecular weight is 255 g/mol. The van der Waals surface area contributed by atoms with Gasteiger partial charge in [0.05, 0.1) is 0 Å². The summed E-state index contributed by atoms with van der Waals surface area (Å²) < 4.78 is 0. The standard InChI is InChI=1S/C11H17N3S2/c1-3-16-7-8(2)14-10-5-4-9(6-13-10)11(12)15/h4-6,8H,3,7H2,1-2H3,(H2,12,15)(H,13,14). The summed E-state index contributed by atoms with van der Waals surface area (Å²) in [5.74, 6) is 3.08. The number of thiocarbonyl (C=S) groups is 1. The van der Waals surface area contributed by atoms with E-state index in [0.717, 1.165) is 22.9 Å². The first-order valence-electron chi connectivity index (χ1n) is 5.23. The lowest BCUT2D eigenvalue weighted by Crippen LogP contribution is -2.19. The Morgan fingerprint density at radius 2 is 2.38 bits per heavy atom. The molecule has 0 fully saturated rings. The molecule has 0 aromatic carbocycles. The van der Waals surface area contributed by atoms with Gasteiger partial charge in [0.1, 0.15) is 10.8 Å². The molecule has 88 valence electrons. The van der Waals surface area contributed by atoms with Crippen molar-refractivity contribution in [1.29, 1.82) is 0 Å². The Hall–Kier alpha value is -0.810. The summed E-state index contributed by atoms with van der Waals surface area (Å²) in [6, 6.07) is 4.20. The molecule has 0 aliphatic rings. The first-order valence-corrected chi connectivity index (χ1v) is 6.80. The molecule has 16 heavy (non-hydrogen) atoms. The van der Waals surface area contributed by atoms with Crippen LogP contribution < -0.4 is 11.1 Å². The van der Waals surface area contributed by atoms with Crippen LogP contribution in [-0.4, -0.2) is 27.5 Å². The van der Waals surface area contributed by atoms with E-state index in [9.17, 15) is 0 Å². The van der Waals surface area contributed by atoms with E-state index in [1.165, 1.54) is 0 Å². The van der Waals surface area contributed by atoms with Gasteiger partial charge in [0.2, 0.25) is 0 Å². The molecule has 1 aromatic heterocycles. The van der Waals surface area contributed by atoms with E-state index < -0.39 is 0 Å². The Morgan fingerprint density at radius 1 is 1.62 bits per heavy atom. The number of hydrogen-bond acceptors (Lipinski definition) is 4. The maximum absolute atomic E-state index is 5.50. The zero-order valence-corrected chi connectivity index (χ0v) is 11.2. The Labute approximate surface area is 106 Å². The predicted molar refractivity (Wildman–Crippen MR) is 76.2 cm³/mol. The van der Waals surface area contributed by atoms with E-state index in [1.54, 1.807) is 6.20 Å². The third-order valence-electron chi connectivity index (χ3n) is 2.01. The summed E-state index contributed by atoms with van der Waals surface area (Å²) in [6.07, 6.45) is 1.70. The van der Waals surface area contributed by atoms with Gasteiger partial charge in [-0.15, -0.1) is 0 Å². The SMILES string of the molecule is CCSCC(C)Nc1ccc(C(N)=S)cn1. The van der Waals surface area contributed by atoms with Gasteiger partial charge in [0, 0.05) is 23.6 Å². The predicted octanol–water partition coefficient (Wildman–Crippen LogP) is 2.27. The molecular weight excluding hydrogens is 238 g/mol. The topological polar surface area (TPSA) is 50.9 Å². The van der Waals surface area contributed by atoms with Crippen molar-refractivity contribution < 1.29 is 0 Å². The van der Waals surface area contributed by atoms with Crippen LogP contribution in [-0.2, 0) is 0 Å². The average Bonchev–Trinajstić information content (AvgIpc) is 2.27. The summed E-state index contributed by atoms with van der Waals surface area (Å²) in [5.41, 5.74) is 6.30. The fraction of sp³-hybridized carbons (Fsp3) is 0.455. The van der Waals surface area contributed by atoms with E-state index in [0.29, 0.717) is 11.0 Å². The molecule has 0 aliphatic heterocycles. The number of hydrogen-bond donors (Lipinski definition) is 2. The van der Waals surface area contributed by atoms with Gasteiger partial charge in [0.25, 0.3) is 0 Å². The summed E-state index contributed by atoms with van der Waals surface area (Å²) in [5, 5.41) is 3.33. The molecule has 0 amide bonds. The largest absolute Gasteiger partial charge is 0.389 e. The molecule has 1 aromatic rings. The monoisotopic (exact) mass is 255 g/mol. The van der Waals surface area contributed by atoms with Crippen molar-refractivity contribution in [2.45, 2.75) is 19.9 Å². The van der Waals surface area contributed by atoms with E-state index >= 15 is 0 Å². The number of nitrogens with one attached hydrogen (secondary N) is 1. The molecule has 0 aliphatic carbocycles. The Kier molecular flexibility index (Phi) is 5.55. The first-order chi connectivity index (χ1) is 7.63. The molecule has 1 atom stereocenters. The molecule has 3 nitrogen and oxygen atoms in total. The number of nitrogens with zero attached hydrogens (tertiary/aromatic N) is 1. The smallest absolute Gasteiger partial charge is 0.126 e. The van der Waals surface area contributed by atoms with Crippen LogP contribution in [0.25, 0.3) is 0 Å². The van der Waals surface area contributed by atoms with Crippen LogP contribution in [0.4, 0.5) is 5.82 Å². The highest BCUT2D eigenvalue weighted by molar-refractivity contribution is 7.99. The molecule has 3 N–H and O–H groups in total. The lowest BCUT2D eigenvalue weighted by molar-refractivity contribution is 0.902. The molecule has 1 unspecified atom stereocenters. The van der Waals surface area contributed by atoms with Gasteiger partial charge in [-0.1, -0.05) is 19.1 Å². The maximum atomic E-state index is 5.50. The van der Waals surface area contributed by atoms with Crippen LogP contribution in [0.3, 0.4) is 0 Å². The number of rotatable bonds is 6. The zero-order chi connectivity index (χ0) is 12.0. The van der Waals surface area contributed by atoms with E-state index in [2.05, 4.69) is 24.1 Å². The Balaban J connectivity index is 2.51. The van der Waals surface area contributed by atoms with Crippen molar-refractivity contribution in [3.05, 3.63) is 23.9 Å². The Bertz CT molecular complexity index is 338. The van der Waals surface area contributed by atoms with Crippen LogP contribution >= 0.6 is 24.0 Å². The second kappa shape index (κ2) is 6.70. The van der Waals surface area contributed by atoms with Crippen molar-refractivity contribution in [2.75, 3.05) is 16.8 Å². The first kappa shape index (κ1) is 13.3. The van der Waals surface area contributed by atoms with Gasteiger partial charge in [-0.2, -0.15) is 11.8 Å². The molecule has 0 saturated heterocycles. The normalized spacial score (nSPS) is 12.1. The van der Waals surface area contributed by atoms with Crippen molar-refractivity contribution >= 4 is 34.8 Å². The molecule has 5 heteroatoms. The lowest BCUT2D eigenvalue weighted by Gasteiger charge is -2.13. The molecule has 0 saturated carbocycles. The van der Waals surface area contributed by atoms with Gasteiger partial charge in [-0.05, 0) is 24.8 Å². The van der Waals surface area contributed by atoms with Gasteiger partial charge in [-0.25, -0.2) is 4.98 Å². The highest BCUT2D eigenvalue weighted by Crippen LogP contribution is 2.09. The molecule has 1 heterocycles. The molecule has 0 bridgehead atoms. The van der Waals surface area contributed by atoms with Gasteiger partial charge < -0.3 is 11.1 Å². The number of nitrogens with two attached hydrogens (primary N) is 1. The summed E-state index contributed by atoms with van der Waals surface area (Å²) in [6.45, 7) is 4.30. The third-order valence-corrected chi connectivity index (χ3v) is 3.39. The van der Waals surface area contributed by atoms with E-state index in [-0.39, 0.29) is 0 Å². The summed E-state index contributed by atoms with van der Waals surface area (Å²) in [7, 11) is 0. The van der Waals surface area contributed by atoms with Crippen LogP contribution in [0.15, 0.2) is 18.3 Å². The minimum atomic E-state index is 0.383. The minimum Gasteiger partial charge on any atom is -0.389 e. The number of thioether (sulfide) groups is 1. The molecule has 0 spiro atoms. The Morgan fingerprint density at radius 3 is 2.88 bits per heavy atom. The van der Waals surface area contributed by atoms with Crippen LogP contribution in [0.2, 0.25) is 0 Å². The van der Waals surface area contributed by atoms with Crippen molar-refractivity contribution in [1.82, 2.24) is 4.98 Å². The highest BCUT2D eigenvalue weighted by Gasteiger charge is 2.03. The van der Waals surface area contributed by atoms with Crippen molar-refractivity contribution in [3.8, 4) is 0 Å². The summed E-state index contributed by atoms with van der Waals surface area (Å²) >= 11 is 6.78. The van der Waals surface area contributed by atoms with Crippen molar-refractivity contribution in [2.24, 2.45) is 5.73 Å². The highest BCUT2D eigenvalue weighted by atomic mass is 32.2. The summed E-state index contributed by atoms with van der Waals surface area (Å²) in [4.78, 5) is 4.64. The minimum absolute atomic E-state index is 0.383. The fourth-order valence-electron chi connectivity index (χ4n) is 1.21. The number of pyridine rings is 1. The molecular formula is C11H17N3S2. The van der Waals surface area contributed by atoms with Gasteiger partial charge >= 0.3 is 0 Å². The quantitative estimate of drug-likeness (QED) is 0.764. The van der Waals surface area contributed by atoms with Crippen LogP contribution in [0.5, 0.6) is 0 Å². The number of anilines is 1. The molecule has 1 rings (SSSR count). The van der Waals surface area contributed by atoms with Crippen LogP contribution in [0, 0.1) is 0 Å². The third kappa shape index (κ3) is 4.37. The van der Waals surface area contributed by atoms with Crippen LogP contribution in [0.1, 0.15) is 19.4 Å². The second-order valence-corrected chi connectivity index (χ2v) is 5.26. The second-order valence-electron chi connectivity index (χ2n) is 3.50. The maximum Gasteiger partial charge on any atom is 0.126 e. The van der Waals surface area contributed by atoms with Gasteiger partial charge in [0.15, 0.2) is 0 Å². The zero-order valence-electron chi connectivity index (χ0n) is 9.56. The lowest BCUT2D eigenvalue weighted by atomic mass is 10.3.